The van der Waals surface area contributed by atoms with Gasteiger partial charge in [-0.05, 0) is 36.0 Å². The molecule has 0 radical (unpaired) electrons. The van der Waals surface area contributed by atoms with Crippen molar-refractivity contribution in [1.29, 1.82) is 0 Å². The Morgan fingerprint density at radius 3 is 2.10 bits per heavy atom. The van der Waals surface area contributed by atoms with Gasteiger partial charge in [-0.25, -0.2) is 0 Å². The van der Waals surface area contributed by atoms with Crippen LogP contribution in [0.4, 0.5) is 0 Å². The van der Waals surface area contributed by atoms with Gasteiger partial charge in [0.2, 0.25) is 0 Å². The van der Waals surface area contributed by atoms with Gasteiger partial charge in [0.15, 0.2) is 0 Å². The van der Waals surface area contributed by atoms with Crippen molar-refractivity contribution in [3.05, 3.63) is 35.4 Å². The Kier molecular flexibility index (Phi) is 6.40. The standard InChI is InChI=1S/C17H25NO3/c1-11(2)9-15(17(20)21)10-18-16(19)14-7-5-13(6-8-14)12(3)4/h5-8,11-12,15H,9-10H2,1-4H3,(H,18,19)(H,20,21). The average molecular weight is 291 g/mol. The molecule has 21 heavy (non-hydrogen) atoms. The summed E-state index contributed by atoms with van der Waals surface area (Å²) in [6.07, 6.45) is 0.557. The molecule has 2 N–H and O–H groups in total. The second-order valence-electron chi connectivity index (χ2n) is 6.15. The first-order valence-electron chi connectivity index (χ1n) is 7.42. The van der Waals surface area contributed by atoms with E-state index in [1.165, 1.54) is 5.56 Å². The van der Waals surface area contributed by atoms with E-state index in [1.54, 1.807) is 12.1 Å². The SMILES string of the molecule is CC(C)CC(CNC(=O)c1ccc(C(C)C)cc1)C(=O)O. The third-order valence-electron chi connectivity index (χ3n) is 3.45. The molecule has 1 rings (SSSR count). The molecule has 0 saturated heterocycles. The lowest BCUT2D eigenvalue weighted by Gasteiger charge is -2.15. The van der Waals surface area contributed by atoms with Crippen LogP contribution in [0.15, 0.2) is 24.3 Å². The minimum absolute atomic E-state index is 0.165. The van der Waals surface area contributed by atoms with E-state index in [9.17, 15) is 9.59 Å². The fourth-order valence-electron chi connectivity index (χ4n) is 2.18. The summed E-state index contributed by atoms with van der Waals surface area (Å²) in [5, 5.41) is 11.9. The van der Waals surface area contributed by atoms with Crippen molar-refractivity contribution in [3.63, 3.8) is 0 Å². The molecule has 0 bridgehead atoms. The van der Waals surface area contributed by atoms with Crippen LogP contribution in [-0.2, 0) is 4.79 Å². The largest absolute Gasteiger partial charge is 0.481 e. The van der Waals surface area contributed by atoms with Gasteiger partial charge in [0.1, 0.15) is 0 Å². The fraction of sp³-hybridized carbons (Fsp3) is 0.529. The van der Waals surface area contributed by atoms with Gasteiger partial charge in [-0.15, -0.1) is 0 Å². The molecule has 1 unspecified atom stereocenters. The van der Waals surface area contributed by atoms with Gasteiger partial charge in [0.25, 0.3) is 5.91 Å². The second kappa shape index (κ2) is 7.81. The van der Waals surface area contributed by atoms with Gasteiger partial charge >= 0.3 is 5.97 Å². The summed E-state index contributed by atoms with van der Waals surface area (Å²) in [5.74, 6) is -0.916. The fourth-order valence-corrected chi connectivity index (χ4v) is 2.18. The Morgan fingerprint density at radius 1 is 1.10 bits per heavy atom. The summed E-state index contributed by atoms with van der Waals surface area (Å²) in [4.78, 5) is 23.2. The first kappa shape index (κ1) is 17.2. The van der Waals surface area contributed by atoms with Crippen molar-refractivity contribution in [1.82, 2.24) is 5.32 Å². The molecule has 4 heteroatoms. The molecule has 1 atom stereocenters. The van der Waals surface area contributed by atoms with Gasteiger partial charge in [-0.1, -0.05) is 39.8 Å². The number of rotatable bonds is 7. The summed E-state index contributed by atoms with van der Waals surface area (Å²) in [7, 11) is 0. The van der Waals surface area contributed by atoms with Crippen LogP contribution in [0.5, 0.6) is 0 Å². The number of carbonyl (C=O) groups excluding carboxylic acids is 1. The smallest absolute Gasteiger partial charge is 0.308 e. The van der Waals surface area contributed by atoms with Gasteiger partial charge < -0.3 is 10.4 Å². The molecular formula is C17H25NO3. The maximum absolute atomic E-state index is 12.0. The van der Waals surface area contributed by atoms with Crippen LogP contribution in [0.2, 0.25) is 0 Å². The molecule has 0 spiro atoms. The van der Waals surface area contributed by atoms with Gasteiger partial charge in [0, 0.05) is 12.1 Å². The predicted molar refractivity (Wildman–Crippen MR) is 83.4 cm³/mol. The van der Waals surface area contributed by atoms with Gasteiger partial charge in [0.05, 0.1) is 5.92 Å². The van der Waals surface area contributed by atoms with Crippen LogP contribution in [0, 0.1) is 11.8 Å². The van der Waals surface area contributed by atoms with E-state index >= 15 is 0 Å². The maximum atomic E-state index is 12.0. The van der Waals surface area contributed by atoms with Crippen molar-refractivity contribution in [2.75, 3.05) is 6.54 Å². The molecule has 0 fully saturated rings. The summed E-state index contributed by atoms with van der Waals surface area (Å²) in [6.45, 7) is 8.31. The molecule has 0 saturated carbocycles. The van der Waals surface area contributed by atoms with E-state index in [1.807, 2.05) is 26.0 Å². The quantitative estimate of drug-likeness (QED) is 0.810. The number of carboxylic acids is 1. The molecule has 0 aliphatic carbocycles. The van der Waals surface area contributed by atoms with Crippen molar-refractivity contribution in [3.8, 4) is 0 Å². The Bertz CT molecular complexity index is 477. The van der Waals surface area contributed by atoms with Crippen molar-refractivity contribution in [2.45, 2.75) is 40.0 Å². The third-order valence-corrected chi connectivity index (χ3v) is 3.45. The molecule has 1 amide bonds. The minimum atomic E-state index is -0.862. The Balaban J connectivity index is 2.61. The first-order valence-corrected chi connectivity index (χ1v) is 7.42. The summed E-state index contributed by atoms with van der Waals surface area (Å²) < 4.78 is 0. The van der Waals surface area contributed by atoms with Crippen LogP contribution in [-0.4, -0.2) is 23.5 Å². The zero-order chi connectivity index (χ0) is 16.0. The van der Waals surface area contributed by atoms with E-state index in [4.69, 9.17) is 5.11 Å². The molecular weight excluding hydrogens is 266 g/mol. The average Bonchev–Trinajstić information content (AvgIpc) is 2.42. The number of hydrogen-bond donors (Lipinski definition) is 2. The van der Waals surface area contributed by atoms with E-state index in [2.05, 4.69) is 19.2 Å². The first-order chi connectivity index (χ1) is 9.81. The van der Waals surface area contributed by atoms with Crippen LogP contribution >= 0.6 is 0 Å². The number of carboxylic acid groups (broad SMARTS) is 1. The van der Waals surface area contributed by atoms with Crippen molar-refractivity contribution < 1.29 is 14.7 Å². The number of nitrogens with one attached hydrogen (secondary N) is 1. The Morgan fingerprint density at radius 2 is 1.67 bits per heavy atom. The maximum Gasteiger partial charge on any atom is 0.308 e. The highest BCUT2D eigenvalue weighted by atomic mass is 16.4. The number of carbonyl (C=O) groups is 2. The highest BCUT2D eigenvalue weighted by molar-refractivity contribution is 5.94. The van der Waals surface area contributed by atoms with E-state index < -0.39 is 11.9 Å². The Hall–Kier alpha value is -1.84. The molecule has 0 aromatic heterocycles. The molecule has 0 aliphatic rings. The summed E-state index contributed by atoms with van der Waals surface area (Å²) in [5.41, 5.74) is 1.74. The van der Waals surface area contributed by atoms with E-state index in [0.29, 0.717) is 17.9 Å². The van der Waals surface area contributed by atoms with Crippen molar-refractivity contribution >= 4 is 11.9 Å². The molecule has 116 valence electrons. The van der Waals surface area contributed by atoms with Crippen LogP contribution in [0.25, 0.3) is 0 Å². The van der Waals surface area contributed by atoms with E-state index in [-0.39, 0.29) is 18.4 Å². The summed E-state index contributed by atoms with van der Waals surface area (Å²) in [6, 6.07) is 7.43. The molecule has 0 heterocycles. The molecule has 1 aromatic carbocycles. The van der Waals surface area contributed by atoms with Gasteiger partial charge in [-0.3, -0.25) is 9.59 Å². The number of hydrogen-bond acceptors (Lipinski definition) is 2. The lowest BCUT2D eigenvalue weighted by molar-refractivity contribution is -0.142. The summed E-state index contributed by atoms with van der Waals surface area (Å²) >= 11 is 0. The van der Waals surface area contributed by atoms with Gasteiger partial charge in [-0.2, -0.15) is 0 Å². The lowest BCUT2D eigenvalue weighted by atomic mass is 9.97. The highest BCUT2D eigenvalue weighted by Crippen LogP contribution is 2.15. The second-order valence-corrected chi connectivity index (χ2v) is 6.15. The topological polar surface area (TPSA) is 66.4 Å². The Labute approximate surface area is 126 Å². The van der Waals surface area contributed by atoms with Crippen LogP contribution in [0.3, 0.4) is 0 Å². The highest BCUT2D eigenvalue weighted by Gasteiger charge is 2.20. The minimum Gasteiger partial charge on any atom is -0.481 e. The zero-order valence-electron chi connectivity index (χ0n) is 13.2. The molecule has 4 nitrogen and oxygen atoms in total. The van der Waals surface area contributed by atoms with Crippen LogP contribution < -0.4 is 5.32 Å². The van der Waals surface area contributed by atoms with E-state index in [0.717, 1.165) is 0 Å². The number of amides is 1. The lowest BCUT2D eigenvalue weighted by Crippen LogP contribution is -2.33. The van der Waals surface area contributed by atoms with Crippen LogP contribution in [0.1, 0.15) is 56.0 Å². The van der Waals surface area contributed by atoms with Crippen molar-refractivity contribution in [2.24, 2.45) is 11.8 Å². The zero-order valence-corrected chi connectivity index (χ0v) is 13.2. The number of benzene rings is 1. The monoisotopic (exact) mass is 291 g/mol. The number of aliphatic carboxylic acids is 1. The molecule has 0 aliphatic heterocycles. The third kappa shape index (κ3) is 5.58. The molecule has 1 aromatic rings. The normalized spacial score (nSPS) is 12.5. The predicted octanol–water partition coefficient (Wildman–Crippen LogP) is 3.29.